The van der Waals surface area contributed by atoms with E-state index in [-0.39, 0.29) is 22.4 Å². The Kier molecular flexibility index (Phi) is 6.73. The second-order valence-electron chi connectivity index (χ2n) is 8.22. The molecular formula is C22H25N3O4S. The SMILES string of the molecule is CC(C)(C)C#Cc1cc(N(C=O)C2CCC(Oc3ncccn3)CC2)c(C(=O)O)s1. The summed E-state index contributed by atoms with van der Waals surface area (Å²) in [5, 5.41) is 9.64. The molecule has 2 aromatic heterocycles. The van der Waals surface area contributed by atoms with Gasteiger partial charge in [-0.05, 0) is 58.6 Å². The summed E-state index contributed by atoms with van der Waals surface area (Å²) in [6.07, 6.45) is 6.84. The lowest BCUT2D eigenvalue weighted by Crippen LogP contribution is -2.40. The number of hydrogen-bond acceptors (Lipinski definition) is 6. The van der Waals surface area contributed by atoms with Crippen molar-refractivity contribution >= 4 is 29.4 Å². The number of carbonyl (C=O) groups is 2. The number of aromatic nitrogens is 2. The number of rotatable bonds is 6. The number of aromatic carboxylic acids is 1. The van der Waals surface area contributed by atoms with Crippen molar-refractivity contribution < 1.29 is 19.4 Å². The maximum atomic E-state index is 11.9. The number of thiophene rings is 1. The second kappa shape index (κ2) is 9.26. The van der Waals surface area contributed by atoms with Gasteiger partial charge in [-0.25, -0.2) is 14.8 Å². The highest BCUT2D eigenvalue weighted by molar-refractivity contribution is 7.15. The van der Waals surface area contributed by atoms with Crippen molar-refractivity contribution in [3.05, 3.63) is 34.3 Å². The smallest absolute Gasteiger partial charge is 0.348 e. The second-order valence-corrected chi connectivity index (χ2v) is 9.27. The molecule has 30 heavy (non-hydrogen) atoms. The largest absolute Gasteiger partial charge is 0.477 e. The van der Waals surface area contributed by atoms with E-state index in [1.54, 1.807) is 24.5 Å². The van der Waals surface area contributed by atoms with E-state index in [1.165, 1.54) is 4.90 Å². The molecule has 0 bridgehead atoms. The molecular weight excluding hydrogens is 402 g/mol. The molecule has 2 aromatic rings. The molecule has 1 saturated carbocycles. The van der Waals surface area contributed by atoms with Gasteiger partial charge in [-0.3, -0.25) is 4.79 Å². The molecule has 1 amide bonds. The van der Waals surface area contributed by atoms with Crippen molar-refractivity contribution in [2.45, 2.75) is 58.6 Å². The topological polar surface area (TPSA) is 92.6 Å². The summed E-state index contributed by atoms with van der Waals surface area (Å²) < 4.78 is 5.81. The predicted molar refractivity (Wildman–Crippen MR) is 115 cm³/mol. The summed E-state index contributed by atoms with van der Waals surface area (Å²) in [5.41, 5.74) is 0.218. The van der Waals surface area contributed by atoms with Crippen LogP contribution in [0.5, 0.6) is 6.01 Å². The zero-order valence-electron chi connectivity index (χ0n) is 17.3. The van der Waals surface area contributed by atoms with Crippen LogP contribution in [0.4, 0.5) is 5.69 Å². The first kappa shape index (κ1) is 21.8. The molecule has 8 heteroatoms. The summed E-state index contributed by atoms with van der Waals surface area (Å²) >= 11 is 1.10. The molecule has 3 rings (SSSR count). The Morgan fingerprint density at radius 1 is 1.27 bits per heavy atom. The Bertz CT molecular complexity index is 948. The van der Waals surface area contributed by atoms with Gasteiger partial charge < -0.3 is 14.7 Å². The van der Waals surface area contributed by atoms with Crippen LogP contribution in [-0.4, -0.2) is 39.6 Å². The van der Waals surface area contributed by atoms with Crippen molar-refractivity contribution in [3.8, 4) is 17.9 Å². The predicted octanol–water partition coefficient (Wildman–Crippen LogP) is 3.99. The summed E-state index contributed by atoms with van der Waals surface area (Å²) in [6, 6.07) is 3.70. The van der Waals surface area contributed by atoms with Gasteiger partial charge in [-0.2, -0.15) is 0 Å². The summed E-state index contributed by atoms with van der Waals surface area (Å²) in [4.78, 5) is 34.2. The Hall–Kier alpha value is -2.92. The van der Waals surface area contributed by atoms with Gasteiger partial charge in [-0.1, -0.05) is 11.8 Å². The lowest BCUT2D eigenvalue weighted by molar-refractivity contribution is -0.108. The first-order chi connectivity index (χ1) is 14.3. The monoisotopic (exact) mass is 427 g/mol. The van der Waals surface area contributed by atoms with Crippen LogP contribution in [0.3, 0.4) is 0 Å². The fraction of sp³-hybridized carbons (Fsp3) is 0.455. The van der Waals surface area contributed by atoms with Crippen molar-refractivity contribution in [1.82, 2.24) is 9.97 Å². The van der Waals surface area contributed by atoms with E-state index < -0.39 is 5.97 Å². The van der Waals surface area contributed by atoms with Crippen LogP contribution in [-0.2, 0) is 4.79 Å². The van der Waals surface area contributed by atoms with Crippen LogP contribution in [0.15, 0.2) is 24.5 Å². The lowest BCUT2D eigenvalue weighted by Gasteiger charge is -2.34. The zero-order chi connectivity index (χ0) is 21.7. The first-order valence-electron chi connectivity index (χ1n) is 9.84. The van der Waals surface area contributed by atoms with E-state index in [2.05, 4.69) is 21.8 Å². The number of carboxylic acid groups (broad SMARTS) is 1. The van der Waals surface area contributed by atoms with Gasteiger partial charge >= 0.3 is 12.0 Å². The van der Waals surface area contributed by atoms with E-state index in [0.717, 1.165) is 30.6 Å². The van der Waals surface area contributed by atoms with Crippen LogP contribution in [0.1, 0.15) is 61.0 Å². The minimum absolute atomic E-state index is 0.0215. The van der Waals surface area contributed by atoms with Crippen LogP contribution < -0.4 is 9.64 Å². The van der Waals surface area contributed by atoms with Gasteiger partial charge in [0.15, 0.2) is 0 Å². The normalized spacial score (nSPS) is 18.8. The number of carboxylic acids is 1. The fourth-order valence-electron chi connectivity index (χ4n) is 3.31. The maximum absolute atomic E-state index is 11.9. The third-order valence-electron chi connectivity index (χ3n) is 4.71. The van der Waals surface area contributed by atoms with Gasteiger partial charge in [0.05, 0.1) is 10.6 Å². The number of nitrogens with zero attached hydrogens (tertiary/aromatic N) is 3. The number of ether oxygens (including phenoxy) is 1. The standard InChI is InChI=1S/C22H25N3O4S/c1-22(2,3)10-9-17-13-18(19(30-17)20(27)28)25(14-26)15-5-7-16(8-6-15)29-21-23-11-4-12-24-21/h4,11-16H,5-8H2,1-3H3,(H,27,28). The molecule has 0 unspecified atom stereocenters. The Labute approximate surface area is 180 Å². The highest BCUT2D eigenvalue weighted by atomic mass is 32.1. The van der Waals surface area contributed by atoms with Gasteiger partial charge in [0, 0.05) is 23.9 Å². The molecule has 0 aromatic carbocycles. The Balaban J connectivity index is 1.74. The average molecular weight is 428 g/mol. The van der Waals surface area contributed by atoms with E-state index in [9.17, 15) is 14.7 Å². The summed E-state index contributed by atoms with van der Waals surface area (Å²) in [5.74, 6) is 5.11. The third-order valence-corrected chi connectivity index (χ3v) is 5.74. The van der Waals surface area contributed by atoms with Crippen molar-refractivity contribution in [2.75, 3.05) is 4.90 Å². The van der Waals surface area contributed by atoms with Crippen LogP contribution in [0.25, 0.3) is 0 Å². The quantitative estimate of drug-likeness (QED) is 0.554. The molecule has 1 N–H and O–H groups in total. The molecule has 0 radical (unpaired) electrons. The van der Waals surface area contributed by atoms with Gasteiger partial charge in [0.2, 0.25) is 6.41 Å². The Morgan fingerprint density at radius 3 is 2.50 bits per heavy atom. The number of amides is 1. The molecule has 1 aliphatic carbocycles. The van der Waals surface area contributed by atoms with E-state index >= 15 is 0 Å². The van der Waals surface area contributed by atoms with Gasteiger partial charge in [-0.15, -0.1) is 11.3 Å². The first-order valence-corrected chi connectivity index (χ1v) is 10.7. The van der Waals surface area contributed by atoms with Crippen molar-refractivity contribution in [1.29, 1.82) is 0 Å². The molecule has 0 spiro atoms. The van der Waals surface area contributed by atoms with Crippen LogP contribution in [0, 0.1) is 17.3 Å². The minimum Gasteiger partial charge on any atom is -0.477 e. The van der Waals surface area contributed by atoms with E-state index in [1.807, 2.05) is 20.8 Å². The molecule has 0 atom stereocenters. The van der Waals surface area contributed by atoms with E-state index in [0.29, 0.717) is 29.4 Å². The maximum Gasteiger partial charge on any atom is 0.348 e. The van der Waals surface area contributed by atoms with Gasteiger partial charge in [0.25, 0.3) is 0 Å². The number of hydrogen-bond donors (Lipinski definition) is 1. The van der Waals surface area contributed by atoms with Crippen molar-refractivity contribution in [2.24, 2.45) is 5.41 Å². The average Bonchev–Trinajstić information content (AvgIpc) is 3.13. The molecule has 0 aliphatic heterocycles. The molecule has 7 nitrogen and oxygen atoms in total. The fourth-order valence-corrected chi connectivity index (χ4v) is 4.16. The highest BCUT2D eigenvalue weighted by Crippen LogP contribution is 2.35. The van der Waals surface area contributed by atoms with Crippen molar-refractivity contribution in [3.63, 3.8) is 0 Å². The molecule has 158 valence electrons. The lowest BCUT2D eigenvalue weighted by atomic mass is 9.91. The zero-order valence-corrected chi connectivity index (χ0v) is 18.1. The van der Waals surface area contributed by atoms with Gasteiger partial charge in [0.1, 0.15) is 11.0 Å². The van der Waals surface area contributed by atoms with E-state index in [4.69, 9.17) is 4.74 Å². The Morgan fingerprint density at radius 2 is 1.93 bits per heavy atom. The third kappa shape index (κ3) is 5.57. The summed E-state index contributed by atoms with van der Waals surface area (Å²) in [7, 11) is 0. The molecule has 1 fully saturated rings. The minimum atomic E-state index is -1.05. The highest BCUT2D eigenvalue weighted by Gasteiger charge is 2.30. The van der Waals surface area contributed by atoms with Crippen LogP contribution >= 0.6 is 11.3 Å². The number of anilines is 1. The van der Waals surface area contributed by atoms with Crippen LogP contribution in [0.2, 0.25) is 0 Å². The molecule has 0 saturated heterocycles. The summed E-state index contributed by atoms with van der Waals surface area (Å²) in [6.45, 7) is 5.97. The molecule has 1 aliphatic rings. The molecule has 2 heterocycles. The number of carbonyl (C=O) groups excluding carboxylic acids is 1.